The number of nitrogens with zero attached hydrogens (tertiary/aromatic N) is 2. The van der Waals surface area contributed by atoms with E-state index in [1.807, 2.05) is 4.90 Å². The van der Waals surface area contributed by atoms with Gasteiger partial charge in [-0.05, 0) is 43.0 Å². The van der Waals surface area contributed by atoms with Gasteiger partial charge in [0.15, 0.2) is 15.8 Å². The summed E-state index contributed by atoms with van der Waals surface area (Å²) in [6.07, 6.45) is 2.26. The van der Waals surface area contributed by atoms with Crippen LogP contribution in [0, 0.1) is 11.7 Å². The summed E-state index contributed by atoms with van der Waals surface area (Å²) in [7, 11) is -3.46. The fourth-order valence-electron chi connectivity index (χ4n) is 2.54. The van der Waals surface area contributed by atoms with Crippen molar-refractivity contribution in [3.63, 3.8) is 0 Å². The Balaban J connectivity index is 1.94. The second-order valence-corrected chi connectivity index (χ2v) is 7.82. The molecular weight excluding hydrogens is 305 g/mol. The van der Waals surface area contributed by atoms with E-state index in [0.717, 1.165) is 31.6 Å². The highest BCUT2D eigenvalue weighted by atomic mass is 32.2. The van der Waals surface area contributed by atoms with Crippen LogP contribution < -0.4 is 5.73 Å². The third-order valence-electron chi connectivity index (χ3n) is 3.79. The van der Waals surface area contributed by atoms with Gasteiger partial charge in [-0.25, -0.2) is 12.8 Å². The Morgan fingerprint density at radius 2 is 2.09 bits per heavy atom. The smallest absolute Gasteiger partial charge is 0.191 e. The van der Waals surface area contributed by atoms with Crippen molar-refractivity contribution in [2.75, 3.05) is 25.4 Å². The maximum Gasteiger partial charge on any atom is 0.191 e. The number of sulfone groups is 1. The molecule has 1 unspecified atom stereocenters. The summed E-state index contributed by atoms with van der Waals surface area (Å²) >= 11 is 0. The number of aliphatic imine (C=N–C) groups is 1. The molecule has 1 aromatic carbocycles. The Labute approximate surface area is 130 Å². The van der Waals surface area contributed by atoms with E-state index in [4.69, 9.17) is 5.73 Å². The van der Waals surface area contributed by atoms with Crippen LogP contribution in [0.15, 0.2) is 34.2 Å². The average molecular weight is 327 g/mol. The summed E-state index contributed by atoms with van der Waals surface area (Å²) in [6, 6.07) is 4.81. The topological polar surface area (TPSA) is 75.8 Å². The van der Waals surface area contributed by atoms with Crippen molar-refractivity contribution in [3.05, 3.63) is 30.1 Å². The first-order valence-electron chi connectivity index (χ1n) is 7.41. The second-order valence-electron chi connectivity index (χ2n) is 5.71. The molecular formula is C15H22FN3O2S. The second kappa shape index (κ2) is 7.09. The summed E-state index contributed by atoms with van der Waals surface area (Å²) < 4.78 is 37.0. The van der Waals surface area contributed by atoms with E-state index in [2.05, 4.69) is 11.9 Å². The molecule has 1 fully saturated rings. The molecule has 2 N–H and O–H groups in total. The molecule has 122 valence electrons. The predicted molar refractivity (Wildman–Crippen MR) is 84.9 cm³/mol. The molecule has 1 saturated heterocycles. The molecule has 0 aliphatic carbocycles. The van der Waals surface area contributed by atoms with Crippen LogP contribution in [-0.2, 0) is 9.84 Å². The molecule has 0 aromatic heterocycles. The molecule has 0 saturated carbocycles. The zero-order valence-electron chi connectivity index (χ0n) is 12.7. The molecule has 1 aliphatic heterocycles. The van der Waals surface area contributed by atoms with E-state index in [9.17, 15) is 12.8 Å². The Morgan fingerprint density at radius 3 is 2.73 bits per heavy atom. The van der Waals surface area contributed by atoms with Crippen molar-refractivity contribution in [3.8, 4) is 0 Å². The summed E-state index contributed by atoms with van der Waals surface area (Å²) in [5.74, 6) is 0.384. The van der Waals surface area contributed by atoms with Crippen molar-refractivity contribution in [2.24, 2.45) is 16.6 Å². The van der Waals surface area contributed by atoms with Gasteiger partial charge in [-0.2, -0.15) is 0 Å². The number of piperidine rings is 1. The van der Waals surface area contributed by atoms with Crippen LogP contribution in [0.3, 0.4) is 0 Å². The maximum atomic E-state index is 12.8. The molecule has 0 bridgehead atoms. The van der Waals surface area contributed by atoms with Crippen LogP contribution in [0.25, 0.3) is 0 Å². The number of halogens is 1. The van der Waals surface area contributed by atoms with Gasteiger partial charge < -0.3 is 10.6 Å². The van der Waals surface area contributed by atoms with Crippen LogP contribution in [-0.4, -0.2) is 44.7 Å². The third kappa shape index (κ3) is 4.43. The number of nitrogens with two attached hydrogens (primary N) is 1. The minimum atomic E-state index is -3.46. The number of likely N-dealkylation sites (tertiary alicyclic amines) is 1. The quantitative estimate of drug-likeness (QED) is 0.518. The fourth-order valence-corrected chi connectivity index (χ4v) is 3.66. The molecule has 0 amide bonds. The fraction of sp³-hybridized carbons (Fsp3) is 0.533. The molecule has 7 heteroatoms. The number of guanidine groups is 1. The first kappa shape index (κ1) is 16.7. The lowest BCUT2D eigenvalue weighted by Crippen LogP contribution is -2.43. The monoisotopic (exact) mass is 327 g/mol. The van der Waals surface area contributed by atoms with Crippen molar-refractivity contribution >= 4 is 15.8 Å². The molecule has 1 aromatic rings. The third-order valence-corrected chi connectivity index (χ3v) is 5.50. The van der Waals surface area contributed by atoms with Crippen LogP contribution in [0.2, 0.25) is 0 Å². The Kier molecular flexibility index (Phi) is 5.39. The summed E-state index contributed by atoms with van der Waals surface area (Å²) in [5, 5.41) is 0. The molecule has 5 nitrogen and oxygen atoms in total. The van der Waals surface area contributed by atoms with Crippen LogP contribution >= 0.6 is 0 Å². The summed E-state index contributed by atoms with van der Waals surface area (Å²) in [4.78, 5) is 6.28. The molecule has 1 heterocycles. The lowest BCUT2D eigenvalue weighted by atomic mass is 10.0. The van der Waals surface area contributed by atoms with Gasteiger partial charge in [-0.1, -0.05) is 6.92 Å². The summed E-state index contributed by atoms with van der Waals surface area (Å²) in [6.45, 7) is 4.00. The van der Waals surface area contributed by atoms with Gasteiger partial charge in [0.05, 0.1) is 17.2 Å². The highest BCUT2D eigenvalue weighted by molar-refractivity contribution is 7.91. The molecule has 0 radical (unpaired) electrons. The van der Waals surface area contributed by atoms with Gasteiger partial charge in [0.2, 0.25) is 0 Å². The number of hydrogen-bond donors (Lipinski definition) is 1. The van der Waals surface area contributed by atoms with E-state index in [0.29, 0.717) is 11.9 Å². The summed E-state index contributed by atoms with van der Waals surface area (Å²) in [5.41, 5.74) is 5.93. The van der Waals surface area contributed by atoms with Crippen molar-refractivity contribution in [2.45, 2.75) is 24.7 Å². The highest BCUT2D eigenvalue weighted by Gasteiger charge is 2.18. The first-order valence-corrected chi connectivity index (χ1v) is 9.07. The zero-order chi connectivity index (χ0) is 16.2. The van der Waals surface area contributed by atoms with Gasteiger partial charge in [0, 0.05) is 13.1 Å². The molecule has 2 rings (SSSR count). The number of rotatable bonds is 4. The zero-order valence-corrected chi connectivity index (χ0v) is 13.5. The highest BCUT2D eigenvalue weighted by Crippen LogP contribution is 2.15. The SMILES string of the molecule is CC1CCCN(C(N)=NCCS(=O)(=O)c2ccc(F)cc2)C1. The van der Waals surface area contributed by atoms with E-state index in [-0.39, 0.29) is 17.2 Å². The minimum absolute atomic E-state index is 0.106. The maximum absolute atomic E-state index is 12.8. The van der Waals surface area contributed by atoms with E-state index in [1.165, 1.54) is 18.6 Å². The lowest BCUT2D eigenvalue weighted by molar-refractivity contribution is 0.270. The first-order chi connectivity index (χ1) is 10.4. The van der Waals surface area contributed by atoms with Crippen molar-refractivity contribution < 1.29 is 12.8 Å². The van der Waals surface area contributed by atoms with Gasteiger partial charge >= 0.3 is 0 Å². The van der Waals surface area contributed by atoms with E-state index in [1.54, 1.807) is 0 Å². The van der Waals surface area contributed by atoms with Crippen LogP contribution in [0.5, 0.6) is 0 Å². The molecule has 1 atom stereocenters. The normalized spacial score (nSPS) is 20.2. The number of hydrogen-bond acceptors (Lipinski definition) is 3. The molecule has 1 aliphatic rings. The van der Waals surface area contributed by atoms with Gasteiger partial charge in [0.25, 0.3) is 0 Å². The molecule has 0 spiro atoms. The van der Waals surface area contributed by atoms with Gasteiger partial charge in [-0.15, -0.1) is 0 Å². The average Bonchev–Trinajstić information content (AvgIpc) is 2.47. The molecule has 22 heavy (non-hydrogen) atoms. The minimum Gasteiger partial charge on any atom is -0.370 e. The number of benzene rings is 1. The Hall–Kier alpha value is -1.63. The van der Waals surface area contributed by atoms with Gasteiger partial charge in [0.1, 0.15) is 5.82 Å². The van der Waals surface area contributed by atoms with Gasteiger partial charge in [-0.3, -0.25) is 4.99 Å². The Morgan fingerprint density at radius 1 is 1.41 bits per heavy atom. The van der Waals surface area contributed by atoms with Crippen LogP contribution in [0.1, 0.15) is 19.8 Å². The van der Waals surface area contributed by atoms with E-state index < -0.39 is 15.7 Å². The Bertz CT molecular complexity index is 629. The van der Waals surface area contributed by atoms with Crippen molar-refractivity contribution in [1.82, 2.24) is 4.90 Å². The van der Waals surface area contributed by atoms with Crippen molar-refractivity contribution in [1.29, 1.82) is 0 Å². The lowest BCUT2D eigenvalue weighted by Gasteiger charge is -2.31. The predicted octanol–water partition coefficient (Wildman–Crippen LogP) is 1.65. The standard InChI is InChI=1S/C15H22FN3O2S/c1-12-3-2-9-19(11-12)15(17)18-8-10-22(20,21)14-6-4-13(16)5-7-14/h4-7,12H,2-3,8-11H2,1H3,(H2,17,18). The largest absolute Gasteiger partial charge is 0.370 e. The van der Waals surface area contributed by atoms with E-state index >= 15 is 0 Å². The van der Waals surface area contributed by atoms with Crippen LogP contribution in [0.4, 0.5) is 4.39 Å².